The SMILES string of the molecule is CS(=N)(=O)c1cccc(NC(=O)c2cc(C(F)(F)F)nnc2Oc2ccc(OCF)cc2Cl)c1. The molecule has 1 unspecified atom stereocenters. The summed E-state index contributed by atoms with van der Waals surface area (Å²) in [5.41, 5.74) is -2.00. The Morgan fingerprint density at radius 1 is 1.18 bits per heavy atom. The molecule has 0 saturated heterocycles. The largest absolute Gasteiger partial charge is 0.463 e. The normalized spacial score (nSPS) is 13.1. The third-order valence-corrected chi connectivity index (χ3v) is 5.62. The zero-order valence-electron chi connectivity index (χ0n) is 17.2. The number of ether oxygens (including phenoxy) is 2. The van der Waals surface area contributed by atoms with Crippen LogP contribution in [0.1, 0.15) is 16.1 Å². The van der Waals surface area contributed by atoms with Crippen LogP contribution in [0.15, 0.2) is 53.4 Å². The lowest BCUT2D eigenvalue weighted by Crippen LogP contribution is -2.18. The van der Waals surface area contributed by atoms with E-state index in [1.165, 1.54) is 48.7 Å². The average molecular weight is 519 g/mol. The van der Waals surface area contributed by atoms with Crippen molar-refractivity contribution in [1.82, 2.24) is 10.2 Å². The summed E-state index contributed by atoms with van der Waals surface area (Å²) in [6.45, 7) is -1.11. The monoisotopic (exact) mass is 518 g/mol. The second kappa shape index (κ2) is 9.81. The molecule has 180 valence electrons. The molecule has 1 amide bonds. The molecule has 2 aromatic carbocycles. The molecule has 1 heterocycles. The highest BCUT2D eigenvalue weighted by Crippen LogP contribution is 2.35. The van der Waals surface area contributed by atoms with E-state index in [9.17, 15) is 26.6 Å². The summed E-state index contributed by atoms with van der Waals surface area (Å²) < 4.78 is 81.6. The molecule has 1 atom stereocenters. The summed E-state index contributed by atoms with van der Waals surface area (Å²) in [6.07, 6.45) is -3.72. The number of alkyl halides is 4. The van der Waals surface area contributed by atoms with Gasteiger partial charge in [-0.15, -0.1) is 10.2 Å². The molecule has 14 heteroatoms. The summed E-state index contributed by atoms with van der Waals surface area (Å²) >= 11 is 6.04. The third kappa shape index (κ3) is 6.11. The number of carbonyl (C=O) groups is 1. The number of halogens is 5. The van der Waals surface area contributed by atoms with Gasteiger partial charge in [-0.3, -0.25) is 4.79 Å². The lowest BCUT2D eigenvalue weighted by Gasteiger charge is -2.14. The van der Waals surface area contributed by atoms with Crippen molar-refractivity contribution in [2.24, 2.45) is 0 Å². The number of rotatable bonds is 7. The van der Waals surface area contributed by atoms with Gasteiger partial charge in [-0.05, 0) is 36.4 Å². The quantitative estimate of drug-likeness (QED) is 0.397. The van der Waals surface area contributed by atoms with Gasteiger partial charge in [-0.2, -0.15) is 13.2 Å². The second-order valence-corrected chi connectivity index (χ2v) is 9.29. The highest BCUT2D eigenvalue weighted by molar-refractivity contribution is 7.91. The van der Waals surface area contributed by atoms with Gasteiger partial charge in [0, 0.05) is 22.9 Å². The standard InChI is InChI=1S/C20H15ClF4N4O4S/c1-34(26,31)13-4-2-3-11(7-13)27-18(30)14-9-17(20(23,24)25)28-29-19(14)33-16-6-5-12(32-10-22)8-15(16)21/h2-9,26H,10H2,1H3,(H,27,30). The van der Waals surface area contributed by atoms with Crippen LogP contribution in [0.5, 0.6) is 17.4 Å². The first kappa shape index (κ1) is 25.2. The van der Waals surface area contributed by atoms with Gasteiger partial charge in [0.25, 0.3) is 11.8 Å². The van der Waals surface area contributed by atoms with Gasteiger partial charge in [0.1, 0.15) is 17.1 Å². The molecule has 0 aliphatic heterocycles. The van der Waals surface area contributed by atoms with Crippen LogP contribution >= 0.6 is 11.6 Å². The third-order valence-electron chi connectivity index (χ3n) is 4.17. The molecule has 0 fully saturated rings. The van der Waals surface area contributed by atoms with Crippen LogP contribution < -0.4 is 14.8 Å². The van der Waals surface area contributed by atoms with E-state index < -0.39 is 45.8 Å². The van der Waals surface area contributed by atoms with Gasteiger partial charge in [-0.1, -0.05) is 17.7 Å². The van der Waals surface area contributed by atoms with E-state index in [1.807, 2.05) is 0 Å². The first-order chi connectivity index (χ1) is 15.9. The maximum absolute atomic E-state index is 13.2. The molecule has 34 heavy (non-hydrogen) atoms. The van der Waals surface area contributed by atoms with Crippen LogP contribution in [0, 0.1) is 4.78 Å². The summed E-state index contributed by atoms with van der Waals surface area (Å²) in [6, 6.07) is 9.66. The molecule has 3 rings (SSSR count). The minimum Gasteiger partial charge on any atom is -0.463 e. The zero-order chi connectivity index (χ0) is 25.1. The fourth-order valence-corrected chi connectivity index (χ4v) is 3.49. The summed E-state index contributed by atoms with van der Waals surface area (Å²) in [4.78, 5) is 13.0. The number of hydrogen-bond acceptors (Lipinski definition) is 7. The molecule has 0 radical (unpaired) electrons. The van der Waals surface area contributed by atoms with E-state index in [1.54, 1.807) is 0 Å². The van der Waals surface area contributed by atoms with Gasteiger partial charge >= 0.3 is 6.18 Å². The van der Waals surface area contributed by atoms with E-state index in [4.69, 9.17) is 21.1 Å². The molecular formula is C20H15ClF4N4O4S. The Morgan fingerprint density at radius 3 is 2.53 bits per heavy atom. The van der Waals surface area contributed by atoms with E-state index in [2.05, 4.69) is 20.3 Å². The van der Waals surface area contributed by atoms with Crippen molar-refractivity contribution in [3.8, 4) is 17.4 Å². The number of carbonyl (C=O) groups excluding carboxylic acids is 1. The Bertz CT molecular complexity index is 1340. The van der Waals surface area contributed by atoms with Crippen molar-refractivity contribution in [2.45, 2.75) is 11.1 Å². The smallest absolute Gasteiger partial charge is 0.435 e. The lowest BCUT2D eigenvalue weighted by molar-refractivity contribution is -0.141. The predicted molar refractivity (Wildman–Crippen MR) is 115 cm³/mol. The summed E-state index contributed by atoms with van der Waals surface area (Å²) in [7, 11) is -3.11. The van der Waals surface area contributed by atoms with Crippen molar-refractivity contribution in [3.05, 3.63) is 64.8 Å². The van der Waals surface area contributed by atoms with Crippen LogP contribution in [0.25, 0.3) is 0 Å². The Hall–Kier alpha value is -3.45. The van der Waals surface area contributed by atoms with E-state index >= 15 is 0 Å². The molecule has 2 N–H and O–H groups in total. The minimum absolute atomic E-state index is 0.0677. The predicted octanol–water partition coefficient (Wildman–Crippen LogP) is 5.53. The van der Waals surface area contributed by atoms with Gasteiger partial charge in [-0.25, -0.2) is 13.4 Å². The molecule has 1 aromatic heterocycles. The Kier molecular flexibility index (Phi) is 7.26. The molecule has 0 aliphatic carbocycles. The van der Waals surface area contributed by atoms with Gasteiger partial charge in [0.05, 0.1) is 14.8 Å². The van der Waals surface area contributed by atoms with Crippen LogP contribution in [0.2, 0.25) is 5.02 Å². The van der Waals surface area contributed by atoms with Crippen molar-refractivity contribution in [2.75, 3.05) is 18.4 Å². The van der Waals surface area contributed by atoms with Crippen molar-refractivity contribution in [1.29, 1.82) is 4.78 Å². The lowest BCUT2D eigenvalue weighted by atomic mass is 10.2. The summed E-state index contributed by atoms with van der Waals surface area (Å²) in [5, 5.41) is 8.70. The first-order valence-corrected chi connectivity index (χ1v) is 11.5. The van der Waals surface area contributed by atoms with Crippen LogP contribution in [0.3, 0.4) is 0 Å². The van der Waals surface area contributed by atoms with E-state index in [0.717, 1.165) is 0 Å². The van der Waals surface area contributed by atoms with Crippen molar-refractivity contribution >= 4 is 32.9 Å². The fraction of sp³-hybridized carbons (Fsp3) is 0.150. The van der Waals surface area contributed by atoms with Crippen molar-refractivity contribution < 1.29 is 36.0 Å². The van der Waals surface area contributed by atoms with Crippen LogP contribution in [-0.2, 0) is 15.9 Å². The van der Waals surface area contributed by atoms with Gasteiger partial charge < -0.3 is 14.8 Å². The number of nitrogens with zero attached hydrogens (tertiary/aromatic N) is 2. The minimum atomic E-state index is -4.90. The highest BCUT2D eigenvalue weighted by Gasteiger charge is 2.35. The molecule has 0 saturated carbocycles. The molecule has 3 aromatic rings. The van der Waals surface area contributed by atoms with Gasteiger partial charge in [0.2, 0.25) is 6.86 Å². The van der Waals surface area contributed by atoms with Crippen LogP contribution in [0.4, 0.5) is 23.2 Å². The fourth-order valence-electron chi connectivity index (χ4n) is 2.59. The summed E-state index contributed by atoms with van der Waals surface area (Å²) in [5.74, 6) is -1.69. The van der Waals surface area contributed by atoms with Crippen LogP contribution in [-0.4, -0.2) is 33.4 Å². The Morgan fingerprint density at radius 2 is 1.91 bits per heavy atom. The first-order valence-electron chi connectivity index (χ1n) is 9.15. The number of aromatic nitrogens is 2. The Labute approximate surface area is 195 Å². The molecule has 0 bridgehead atoms. The maximum Gasteiger partial charge on any atom is 0.435 e. The number of hydrogen-bond donors (Lipinski definition) is 2. The topological polar surface area (TPSA) is 114 Å². The number of nitrogens with one attached hydrogen (secondary N) is 2. The zero-order valence-corrected chi connectivity index (χ0v) is 18.7. The maximum atomic E-state index is 13.2. The van der Waals surface area contributed by atoms with Gasteiger partial charge in [0.15, 0.2) is 5.69 Å². The average Bonchev–Trinajstić information content (AvgIpc) is 2.75. The molecular weight excluding hydrogens is 504 g/mol. The van der Waals surface area contributed by atoms with E-state index in [0.29, 0.717) is 6.07 Å². The van der Waals surface area contributed by atoms with Crippen molar-refractivity contribution in [3.63, 3.8) is 0 Å². The number of anilines is 1. The highest BCUT2D eigenvalue weighted by atomic mass is 35.5. The number of amides is 1. The second-order valence-electron chi connectivity index (χ2n) is 6.72. The number of benzene rings is 2. The molecule has 8 nitrogen and oxygen atoms in total. The molecule has 0 aliphatic rings. The molecule has 0 spiro atoms. The van der Waals surface area contributed by atoms with E-state index in [-0.39, 0.29) is 27.1 Å². The Balaban J connectivity index is 1.99.